The van der Waals surface area contributed by atoms with E-state index < -0.39 is 5.41 Å². The molecule has 0 aromatic rings. The maximum atomic E-state index is 12.9. The molecule has 4 rings (SSSR count). The Labute approximate surface area is 135 Å². The molecular weight excluding hydrogens is 272 g/mol. The summed E-state index contributed by atoms with van der Waals surface area (Å²) in [7, 11) is 0. The van der Waals surface area contributed by atoms with Crippen molar-refractivity contribution in [3.8, 4) is 0 Å². The van der Waals surface area contributed by atoms with Crippen LogP contribution in [-0.4, -0.2) is 11.6 Å². The molecule has 4 fully saturated rings. The van der Waals surface area contributed by atoms with E-state index in [-0.39, 0.29) is 11.6 Å². The lowest BCUT2D eigenvalue weighted by atomic mass is 9.43. The molecule has 4 bridgehead atoms. The van der Waals surface area contributed by atoms with Crippen LogP contribution >= 0.6 is 0 Å². The number of hydrogen-bond donors (Lipinski definition) is 0. The predicted molar refractivity (Wildman–Crippen MR) is 89.4 cm³/mol. The fourth-order valence-corrected chi connectivity index (χ4v) is 6.47. The van der Waals surface area contributed by atoms with Crippen molar-refractivity contribution in [3.63, 3.8) is 0 Å². The second-order valence-corrected chi connectivity index (χ2v) is 9.47. The van der Waals surface area contributed by atoms with Gasteiger partial charge in [0.1, 0.15) is 5.60 Å². The van der Waals surface area contributed by atoms with Gasteiger partial charge in [-0.3, -0.25) is 4.79 Å². The van der Waals surface area contributed by atoms with E-state index in [2.05, 4.69) is 20.8 Å². The van der Waals surface area contributed by atoms with Crippen LogP contribution in [0.3, 0.4) is 0 Å². The maximum absolute atomic E-state index is 12.9. The Morgan fingerprint density at radius 3 is 2.23 bits per heavy atom. The van der Waals surface area contributed by atoms with Gasteiger partial charge in [0.15, 0.2) is 0 Å². The van der Waals surface area contributed by atoms with Gasteiger partial charge in [-0.15, -0.1) is 0 Å². The van der Waals surface area contributed by atoms with Crippen LogP contribution in [0, 0.1) is 22.2 Å². The number of carbonyl (C=O) groups excluding carboxylic acids is 1. The van der Waals surface area contributed by atoms with Gasteiger partial charge in [-0.05, 0) is 75.5 Å². The predicted octanol–water partition coefficient (Wildman–Crippen LogP) is 5.27. The number of carbonyl (C=O) groups is 1. The minimum absolute atomic E-state index is 0.0118. The zero-order valence-electron chi connectivity index (χ0n) is 15.0. The average Bonchev–Trinajstić information content (AvgIpc) is 2.33. The lowest BCUT2D eigenvalue weighted by Gasteiger charge is -2.64. The Morgan fingerprint density at radius 2 is 1.77 bits per heavy atom. The summed E-state index contributed by atoms with van der Waals surface area (Å²) in [6.45, 7) is 10.9. The van der Waals surface area contributed by atoms with Crippen LogP contribution in [-0.2, 0) is 9.53 Å². The van der Waals surface area contributed by atoms with Gasteiger partial charge in [-0.2, -0.15) is 0 Å². The van der Waals surface area contributed by atoms with Crippen molar-refractivity contribution < 1.29 is 9.53 Å². The average molecular weight is 304 g/mol. The highest BCUT2D eigenvalue weighted by Gasteiger charge is 2.62. The van der Waals surface area contributed by atoms with Gasteiger partial charge in [-0.25, -0.2) is 0 Å². The Hall–Kier alpha value is -0.790. The molecule has 0 aliphatic heterocycles. The number of allylic oxidation sites excluding steroid dienone is 1. The molecule has 4 aliphatic carbocycles. The summed E-state index contributed by atoms with van der Waals surface area (Å²) in [6, 6.07) is 0. The summed E-state index contributed by atoms with van der Waals surface area (Å²) in [5.41, 5.74) is 0.118. The monoisotopic (exact) mass is 304 g/mol. The highest BCUT2D eigenvalue weighted by atomic mass is 16.6. The van der Waals surface area contributed by atoms with Crippen LogP contribution in [0.1, 0.15) is 79.6 Å². The summed E-state index contributed by atoms with van der Waals surface area (Å²) in [6.07, 6.45) is 12.0. The minimum atomic E-state index is -0.472. The first-order chi connectivity index (χ1) is 10.2. The molecule has 2 heteroatoms. The van der Waals surface area contributed by atoms with Crippen LogP contribution < -0.4 is 0 Å². The first-order valence-electron chi connectivity index (χ1n) is 9.03. The zero-order chi connectivity index (χ0) is 16.2. The zero-order valence-corrected chi connectivity index (χ0v) is 15.0. The Morgan fingerprint density at radius 1 is 1.18 bits per heavy atom. The van der Waals surface area contributed by atoms with E-state index in [0.717, 1.165) is 31.6 Å². The third kappa shape index (κ3) is 2.53. The molecule has 124 valence electrons. The number of ether oxygens (including phenoxy) is 1. The van der Waals surface area contributed by atoms with Crippen molar-refractivity contribution in [2.24, 2.45) is 22.2 Å². The SMILES string of the molecule is C/C=C\C(C)(CC)C(=O)OC12CC3CC(C)(CC(C)(C3)C1)C2. The van der Waals surface area contributed by atoms with Crippen molar-refractivity contribution in [2.45, 2.75) is 85.2 Å². The van der Waals surface area contributed by atoms with Crippen LogP contribution in [0.25, 0.3) is 0 Å². The van der Waals surface area contributed by atoms with Gasteiger partial charge < -0.3 is 4.74 Å². The van der Waals surface area contributed by atoms with Crippen molar-refractivity contribution in [1.29, 1.82) is 0 Å². The number of esters is 1. The lowest BCUT2D eigenvalue weighted by Crippen LogP contribution is -2.60. The van der Waals surface area contributed by atoms with Crippen LogP contribution in [0.4, 0.5) is 0 Å². The number of rotatable bonds is 4. The molecule has 0 heterocycles. The topological polar surface area (TPSA) is 26.3 Å². The molecule has 3 atom stereocenters. The summed E-state index contributed by atoms with van der Waals surface area (Å²) in [5, 5.41) is 0. The molecule has 4 saturated carbocycles. The molecule has 3 unspecified atom stereocenters. The largest absolute Gasteiger partial charge is 0.458 e. The van der Waals surface area contributed by atoms with Crippen LogP contribution in [0.15, 0.2) is 12.2 Å². The van der Waals surface area contributed by atoms with Gasteiger partial charge in [0.2, 0.25) is 0 Å². The summed E-state index contributed by atoms with van der Waals surface area (Å²) < 4.78 is 6.30. The Kier molecular flexibility index (Phi) is 3.55. The molecule has 0 aromatic carbocycles. The van der Waals surface area contributed by atoms with Gasteiger partial charge in [-0.1, -0.05) is 32.9 Å². The normalized spacial score (nSPS) is 46.0. The summed E-state index contributed by atoms with van der Waals surface area (Å²) in [4.78, 5) is 12.9. The molecule has 0 amide bonds. The van der Waals surface area contributed by atoms with Crippen LogP contribution in [0.2, 0.25) is 0 Å². The molecule has 0 N–H and O–H groups in total. The van der Waals surface area contributed by atoms with E-state index in [0.29, 0.717) is 10.8 Å². The highest BCUT2D eigenvalue weighted by molar-refractivity contribution is 5.79. The number of hydrogen-bond acceptors (Lipinski definition) is 2. The van der Waals surface area contributed by atoms with E-state index in [1.165, 1.54) is 19.3 Å². The maximum Gasteiger partial charge on any atom is 0.316 e. The molecule has 0 radical (unpaired) electrons. The Balaban J connectivity index is 1.84. The van der Waals surface area contributed by atoms with E-state index >= 15 is 0 Å². The molecule has 0 spiro atoms. The molecule has 4 aliphatic rings. The summed E-state index contributed by atoms with van der Waals surface area (Å²) >= 11 is 0. The molecule has 0 aromatic heterocycles. The third-order valence-electron chi connectivity index (χ3n) is 6.62. The molecular formula is C20H32O2. The van der Waals surface area contributed by atoms with Gasteiger partial charge >= 0.3 is 5.97 Å². The first-order valence-corrected chi connectivity index (χ1v) is 9.03. The van der Waals surface area contributed by atoms with Crippen molar-refractivity contribution >= 4 is 5.97 Å². The molecule has 22 heavy (non-hydrogen) atoms. The molecule has 0 saturated heterocycles. The highest BCUT2D eigenvalue weighted by Crippen LogP contribution is 2.67. The fraction of sp³-hybridized carbons (Fsp3) is 0.850. The second kappa shape index (κ2) is 4.85. The van der Waals surface area contributed by atoms with Gasteiger partial charge in [0.25, 0.3) is 0 Å². The van der Waals surface area contributed by atoms with Crippen LogP contribution in [0.5, 0.6) is 0 Å². The van der Waals surface area contributed by atoms with E-state index in [1.807, 2.05) is 26.0 Å². The first kappa shape index (κ1) is 16.1. The van der Waals surface area contributed by atoms with Gasteiger partial charge in [0, 0.05) is 0 Å². The quantitative estimate of drug-likeness (QED) is 0.522. The lowest BCUT2D eigenvalue weighted by molar-refractivity contribution is -0.221. The minimum Gasteiger partial charge on any atom is -0.458 e. The van der Waals surface area contributed by atoms with Crippen molar-refractivity contribution in [1.82, 2.24) is 0 Å². The Bertz CT molecular complexity index is 488. The standard InChI is InChI=1S/C20H32O2/c1-6-8-19(5,7-2)16(21)22-20-11-15-9-17(3,13-20)12-18(4,10-15)14-20/h6,8,15H,7,9-14H2,1-5H3/b8-6-. The third-order valence-corrected chi connectivity index (χ3v) is 6.62. The fourth-order valence-electron chi connectivity index (χ4n) is 6.47. The van der Waals surface area contributed by atoms with E-state index in [9.17, 15) is 4.79 Å². The van der Waals surface area contributed by atoms with E-state index in [4.69, 9.17) is 4.74 Å². The van der Waals surface area contributed by atoms with E-state index in [1.54, 1.807) is 0 Å². The smallest absolute Gasteiger partial charge is 0.316 e. The molecule has 2 nitrogen and oxygen atoms in total. The summed E-state index contributed by atoms with van der Waals surface area (Å²) in [5.74, 6) is 0.746. The van der Waals surface area contributed by atoms with Crippen molar-refractivity contribution in [3.05, 3.63) is 12.2 Å². The second-order valence-electron chi connectivity index (χ2n) is 9.47. The van der Waals surface area contributed by atoms with Crippen molar-refractivity contribution in [2.75, 3.05) is 0 Å². The van der Waals surface area contributed by atoms with Gasteiger partial charge in [0.05, 0.1) is 5.41 Å².